The average Bonchev–Trinajstić information content (AvgIpc) is 2.40. The van der Waals surface area contributed by atoms with Crippen molar-refractivity contribution in [2.45, 2.75) is 6.42 Å². The van der Waals surface area contributed by atoms with Crippen molar-refractivity contribution in [3.63, 3.8) is 0 Å². The second kappa shape index (κ2) is 8.34. The van der Waals surface area contributed by atoms with Crippen LogP contribution < -0.4 is 10.6 Å². The summed E-state index contributed by atoms with van der Waals surface area (Å²) in [7, 11) is 0. The van der Waals surface area contributed by atoms with E-state index in [9.17, 15) is 10.1 Å². The van der Waals surface area contributed by atoms with Crippen LogP contribution in [0.4, 0.5) is 11.4 Å². The van der Waals surface area contributed by atoms with Crippen LogP contribution >= 0.6 is 23.8 Å². The van der Waals surface area contributed by atoms with Gasteiger partial charge in [-0.15, -0.1) is 0 Å². The topological polar surface area (TPSA) is 76.4 Å². The van der Waals surface area contributed by atoms with Crippen molar-refractivity contribution in [2.24, 2.45) is 0 Å². The highest BCUT2D eigenvalue weighted by atomic mass is 35.5. The van der Waals surface area contributed by atoms with Gasteiger partial charge in [-0.1, -0.05) is 18.2 Å². The van der Waals surface area contributed by atoms with Gasteiger partial charge in [0.1, 0.15) is 0 Å². The highest BCUT2D eigenvalue weighted by Gasteiger charge is 2.10. The van der Waals surface area contributed by atoms with Crippen LogP contribution in [-0.2, 0) is 4.74 Å². The van der Waals surface area contributed by atoms with E-state index in [-0.39, 0.29) is 5.69 Å². The molecule has 0 aliphatic heterocycles. The van der Waals surface area contributed by atoms with Gasteiger partial charge in [-0.25, -0.2) is 0 Å². The number of halogens is 1. The summed E-state index contributed by atoms with van der Waals surface area (Å²) in [4.78, 5) is 10.2. The Kier molecular flexibility index (Phi) is 6.75. The normalized spacial score (nSPS) is 9.65. The van der Waals surface area contributed by atoms with Crippen LogP contribution in [-0.4, -0.2) is 23.2 Å². The number of ether oxygens (including phenoxy) is 1. The van der Waals surface area contributed by atoms with E-state index < -0.39 is 4.92 Å². The van der Waals surface area contributed by atoms with Gasteiger partial charge in [0, 0.05) is 18.7 Å². The molecule has 0 bridgehead atoms. The van der Waals surface area contributed by atoms with Gasteiger partial charge in [0.05, 0.1) is 28.5 Å². The van der Waals surface area contributed by atoms with E-state index in [1.807, 2.05) is 0 Å². The van der Waals surface area contributed by atoms with Crippen LogP contribution in [0.15, 0.2) is 31.0 Å². The zero-order valence-corrected chi connectivity index (χ0v) is 12.2. The molecule has 108 valence electrons. The molecule has 0 aliphatic carbocycles. The number of nitrogens with zero attached hydrogens (tertiary/aromatic N) is 1. The maximum absolute atomic E-state index is 10.7. The van der Waals surface area contributed by atoms with Gasteiger partial charge in [0.25, 0.3) is 5.69 Å². The van der Waals surface area contributed by atoms with Gasteiger partial charge >= 0.3 is 0 Å². The summed E-state index contributed by atoms with van der Waals surface area (Å²) in [6.45, 7) is 4.57. The summed E-state index contributed by atoms with van der Waals surface area (Å²) in [5, 5.41) is 17.1. The highest BCUT2D eigenvalue weighted by molar-refractivity contribution is 7.80. The molecule has 2 N–H and O–H groups in total. The Labute approximate surface area is 126 Å². The summed E-state index contributed by atoms with van der Waals surface area (Å²) in [6, 6.07) is 4.11. The fourth-order valence-corrected chi connectivity index (χ4v) is 1.71. The molecule has 0 fully saturated rings. The van der Waals surface area contributed by atoms with E-state index in [1.165, 1.54) is 24.5 Å². The Morgan fingerprint density at radius 1 is 1.60 bits per heavy atom. The lowest BCUT2D eigenvalue weighted by molar-refractivity contribution is -0.384. The summed E-state index contributed by atoms with van der Waals surface area (Å²) in [5.41, 5.74) is 0.333. The molecule has 0 heterocycles. The first kappa shape index (κ1) is 16.2. The minimum atomic E-state index is -0.495. The molecule has 0 unspecified atom stereocenters. The van der Waals surface area contributed by atoms with Crippen molar-refractivity contribution in [1.29, 1.82) is 0 Å². The summed E-state index contributed by atoms with van der Waals surface area (Å²) >= 11 is 11.0. The third-order valence-corrected chi connectivity index (χ3v) is 2.83. The molecule has 1 rings (SSSR count). The minimum absolute atomic E-state index is 0.0564. The van der Waals surface area contributed by atoms with E-state index in [2.05, 4.69) is 17.2 Å². The van der Waals surface area contributed by atoms with Crippen LogP contribution in [0.2, 0.25) is 5.02 Å². The van der Waals surface area contributed by atoms with Crippen molar-refractivity contribution >= 4 is 40.3 Å². The molecule has 0 saturated heterocycles. The zero-order chi connectivity index (χ0) is 15.0. The van der Waals surface area contributed by atoms with E-state index in [0.29, 0.717) is 29.0 Å². The molecule has 8 heteroatoms. The molecular weight excluding hydrogens is 302 g/mol. The Bertz CT molecular complexity index is 511. The quantitative estimate of drug-likeness (QED) is 0.265. The molecule has 20 heavy (non-hydrogen) atoms. The number of benzene rings is 1. The zero-order valence-electron chi connectivity index (χ0n) is 10.6. The Balaban J connectivity index is 2.50. The van der Waals surface area contributed by atoms with Crippen LogP contribution in [0, 0.1) is 10.1 Å². The number of hydrogen-bond acceptors (Lipinski definition) is 4. The van der Waals surface area contributed by atoms with Gasteiger partial charge in [0.2, 0.25) is 0 Å². The lowest BCUT2D eigenvalue weighted by Crippen LogP contribution is -2.29. The predicted octanol–water partition coefficient (Wildman–Crippen LogP) is 3.08. The van der Waals surface area contributed by atoms with Gasteiger partial charge in [-0.05, 0) is 24.7 Å². The molecule has 0 radical (unpaired) electrons. The predicted molar refractivity (Wildman–Crippen MR) is 83.1 cm³/mol. The van der Waals surface area contributed by atoms with Gasteiger partial charge in [0.15, 0.2) is 5.11 Å². The molecule has 1 aromatic rings. The first-order chi connectivity index (χ1) is 9.54. The summed E-state index contributed by atoms with van der Waals surface area (Å²) in [6.07, 6.45) is 2.12. The highest BCUT2D eigenvalue weighted by Crippen LogP contribution is 2.26. The van der Waals surface area contributed by atoms with Crippen molar-refractivity contribution in [2.75, 3.05) is 18.5 Å². The second-order valence-electron chi connectivity index (χ2n) is 3.69. The largest absolute Gasteiger partial charge is 0.502 e. The lowest BCUT2D eigenvalue weighted by atomic mass is 10.3. The van der Waals surface area contributed by atoms with Gasteiger partial charge in [-0.2, -0.15) is 0 Å². The number of anilines is 1. The monoisotopic (exact) mass is 315 g/mol. The third-order valence-electron chi connectivity index (χ3n) is 2.25. The fraction of sp³-hybridized carbons (Fsp3) is 0.250. The number of hydrogen-bond donors (Lipinski definition) is 2. The van der Waals surface area contributed by atoms with Crippen molar-refractivity contribution in [1.82, 2.24) is 5.32 Å². The second-order valence-corrected chi connectivity index (χ2v) is 4.51. The Morgan fingerprint density at radius 2 is 2.35 bits per heavy atom. The fourth-order valence-electron chi connectivity index (χ4n) is 1.33. The van der Waals surface area contributed by atoms with Crippen molar-refractivity contribution in [3.05, 3.63) is 46.2 Å². The van der Waals surface area contributed by atoms with E-state index in [1.54, 1.807) is 0 Å². The Morgan fingerprint density at radius 3 is 3.00 bits per heavy atom. The summed E-state index contributed by atoms with van der Waals surface area (Å²) < 4.78 is 4.96. The van der Waals surface area contributed by atoms with Gasteiger partial charge < -0.3 is 15.4 Å². The summed E-state index contributed by atoms with van der Waals surface area (Å²) in [5.74, 6) is 0. The van der Waals surface area contributed by atoms with Crippen LogP contribution in [0.3, 0.4) is 0 Å². The molecule has 6 nitrogen and oxygen atoms in total. The van der Waals surface area contributed by atoms with Crippen molar-refractivity contribution in [3.8, 4) is 0 Å². The van der Waals surface area contributed by atoms with E-state index in [4.69, 9.17) is 28.6 Å². The number of nitro benzene ring substituents is 1. The maximum Gasteiger partial charge on any atom is 0.271 e. The maximum atomic E-state index is 10.7. The van der Waals surface area contributed by atoms with E-state index in [0.717, 1.165) is 6.42 Å². The van der Waals surface area contributed by atoms with Crippen LogP contribution in [0.1, 0.15) is 6.42 Å². The third kappa shape index (κ3) is 5.41. The first-order valence-corrected chi connectivity index (χ1v) is 6.54. The Hall–Kier alpha value is -1.86. The smallest absolute Gasteiger partial charge is 0.271 e. The van der Waals surface area contributed by atoms with Crippen LogP contribution in [0.25, 0.3) is 0 Å². The minimum Gasteiger partial charge on any atom is -0.502 e. The molecular formula is C12H14ClN3O3S. The van der Waals surface area contributed by atoms with Gasteiger partial charge in [-0.3, -0.25) is 10.1 Å². The molecule has 0 amide bonds. The number of nitro groups is 1. The molecule has 1 aromatic carbocycles. The molecule has 0 atom stereocenters. The molecule has 0 aromatic heterocycles. The number of thiocarbonyl (C=S) groups is 1. The van der Waals surface area contributed by atoms with Crippen molar-refractivity contribution < 1.29 is 9.66 Å². The number of rotatable bonds is 7. The van der Waals surface area contributed by atoms with Crippen LogP contribution in [0.5, 0.6) is 0 Å². The number of non-ortho nitro benzene ring substituents is 1. The van der Waals surface area contributed by atoms with E-state index >= 15 is 0 Å². The molecule has 0 spiro atoms. The molecule has 0 aliphatic rings. The molecule has 0 saturated carbocycles. The SMILES string of the molecule is C=COCCCNC(=S)Nc1cc([N+](=O)[O-])ccc1Cl. The standard InChI is InChI=1S/C12H14ClN3O3S/c1-2-19-7-3-6-14-12(20)15-11-8-9(16(17)18)4-5-10(11)13/h2,4-5,8H,1,3,6-7H2,(H2,14,15,20). The lowest BCUT2D eigenvalue weighted by Gasteiger charge is -2.11. The number of nitrogens with one attached hydrogen (secondary N) is 2. The average molecular weight is 316 g/mol. The first-order valence-electron chi connectivity index (χ1n) is 5.76.